The molecular formula is C30H32N2O4. The summed E-state index contributed by atoms with van der Waals surface area (Å²) in [5.74, 6) is -1.26. The molecule has 0 aliphatic rings. The van der Waals surface area contributed by atoms with Gasteiger partial charge in [-0.25, -0.2) is 9.59 Å². The zero-order chi connectivity index (χ0) is 26.1. The SMILES string of the molecule is CCCCN(CCCC)c1ccc2c(C)c(/C=C/c3ccc(C=C(C#N)C(=O)O)cc3)c(=O)oc2c1. The second-order valence-corrected chi connectivity index (χ2v) is 8.78. The van der Waals surface area contributed by atoms with Crippen LogP contribution in [0.3, 0.4) is 0 Å². The Morgan fingerprint density at radius 1 is 1.03 bits per heavy atom. The van der Waals surface area contributed by atoms with E-state index in [1.807, 2.05) is 25.1 Å². The summed E-state index contributed by atoms with van der Waals surface area (Å²) in [5, 5.41) is 18.8. The number of aryl methyl sites for hydroxylation is 1. The van der Waals surface area contributed by atoms with Crippen molar-refractivity contribution < 1.29 is 14.3 Å². The number of nitriles is 1. The van der Waals surface area contributed by atoms with E-state index in [9.17, 15) is 9.59 Å². The Hall–Kier alpha value is -4.11. The molecule has 1 aromatic heterocycles. The maximum Gasteiger partial charge on any atom is 0.346 e. The summed E-state index contributed by atoms with van der Waals surface area (Å²) in [5.41, 5.74) is 3.74. The quantitative estimate of drug-likeness (QED) is 0.186. The number of carboxylic acid groups (broad SMARTS) is 1. The highest BCUT2D eigenvalue weighted by Gasteiger charge is 2.12. The fourth-order valence-corrected chi connectivity index (χ4v) is 4.01. The van der Waals surface area contributed by atoms with E-state index in [2.05, 4.69) is 24.8 Å². The van der Waals surface area contributed by atoms with Crippen molar-refractivity contribution in [3.05, 3.63) is 80.7 Å². The average molecular weight is 485 g/mol. The minimum atomic E-state index is -1.26. The van der Waals surface area contributed by atoms with Gasteiger partial charge in [0.1, 0.15) is 17.2 Å². The molecule has 0 saturated heterocycles. The van der Waals surface area contributed by atoms with Crippen molar-refractivity contribution in [2.75, 3.05) is 18.0 Å². The first-order chi connectivity index (χ1) is 17.4. The van der Waals surface area contributed by atoms with Gasteiger partial charge < -0.3 is 14.4 Å². The van der Waals surface area contributed by atoms with Crippen LogP contribution >= 0.6 is 0 Å². The number of anilines is 1. The van der Waals surface area contributed by atoms with Crippen LogP contribution in [0, 0.1) is 18.3 Å². The molecule has 0 spiro atoms. The zero-order valence-electron chi connectivity index (χ0n) is 21.1. The zero-order valence-corrected chi connectivity index (χ0v) is 21.1. The van der Waals surface area contributed by atoms with Crippen molar-refractivity contribution >= 4 is 40.9 Å². The molecule has 0 bridgehead atoms. The van der Waals surface area contributed by atoms with Gasteiger partial charge in [0.15, 0.2) is 0 Å². The van der Waals surface area contributed by atoms with Gasteiger partial charge in [-0.05, 0) is 60.7 Å². The molecule has 186 valence electrons. The molecular weight excluding hydrogens is 452 g/mol. The normalized spacial score (nSPS) is 11.7. The summed E-state index contributed by atoms with van der Waals surface area (Å²) in [6, 6.07) is 14.8. The molecule has 1 heterocycles. The highest BCUT2D eigenvalue weighted by atomic mass is 16.4. The fraction of sp³-hybridized carbons (Fsp3) is 0.300. The number of nitrogens with zero attached hydrogens (tertiary/aromatic N) is 2. The van der Waals surface area contributed by atoms with Crippen LogP contribution in [0.5, 0.6) is 0 Å². The highest BCUT2D eigenvalue weighted by molar-refractivity contribution is 5.96. The molecule has 0 aliphatic heterocycles. The Bertz CT molecular complexity index is 1370. The summed E-state index contributed by atoms with van der Waals surface area (Å²) >= 11 is 0. The number of unbranched alkanes of at least 4 members (excludes halogenated alkanes) is 2. The number of aliphatic carboxylic acids is 1. The Morgan fingerprint density at radius 3 is 2.25 bits per heavy atom. The van der Waals surface area contributed by atoms with Crippen LogP contribution < -0.4 is 10.5 Å². The van der Waals surface area contributed by atoms with Gasteiger partial charge in [-0.3, -0.25) is 0 Å². The molecule has 2 aromatic carbocycles. The second kappa shape index (κ2) is 12.6. The molecule has 0 amide bonds. The van der Waals surface area contributed by atoms with E-state index in [-0.39, 0.29) is 11.2 Å². The predicted molar refractivity (Wildman–Crippen MR) is 146 cm³/mol. The van der Waals surface area contributed by atoms with Gasteiger partial charge in [-0.1, -0.05) is 57.0 Å². The van der Waals surface area contributed by atoms with E-state index >= 15 is 0 Å². The molecule has 36 heavy (non-hydrogen) atoms. The van der Waals surface area contributed by atoms with Gasteiger partial charge in [-0.2, -0.15) is 5.26 Å². The minimum absolute atomic E-state index is 0.329. The van der Waals surface area contributed by atoms with Crippen LogP contribution in [-0.2, 0) is 4.79 Å². The average Bonchev–Trinajstić information content (AvgIpc) is 2.87. The van der Waals surface area contributed by atoms with Crippen LogP contribution in [0.2, 0.25) is 0 Å². The number of benzene rings is 2. The topological polar surface area (TPSA) is 94.5 Å². The molecule has 0 saturated carbocycles. The summed E-state index contributed by atoms with van der Waals surface area (Å²) in [6.07, 6.45) is 9.36. The van der Waals surface area contributed by atoms with Gasteiger partial charge in [0.25, 0.3) is 0 Å². The molecule has 0 radical (unpaired) electrons. The third kappa shape index (κ3) is 6.51. The van der Waals surface area contributed by atoms with E-state index in [0.717, 1.165) is 61.0 Å². The first-order valence-corrected chi connectivity index (χ1v) is 12.3. The second-order valence-electron chi connectivity index (χ2n) is 8.78. The molecule has 1 N–H and O–H groups in total. The molecule has 3 aromatic rings. The highest BCUT2D eigenvalue weighted by Crippen LogP contribution is 2.26. The molecule has 0 aliphatic carbocycles. The molecule has 3 rings (SSSR count). The minimum Gasteiger partial charge on any atom is -0.477 e. The Balaban J connectivity index is 1.88. The van der Waals surface area contributed by atoms with Gasteiger partial charge in [-0.15, -0.1) is 0 Å². The number of hydrogen-bond donors (Lipinski definition) is 1. The first-order valence-electron chi connectivity index (χ1n) is 12.3. The summed E-state index contributed by atoms with van der Waals surface area (Å²) in [6.45, 7) is 8.26. The predicted octanol–water partition coefficient (Wildman–Crippen LogP) is 6.67. The Kier molecular flexibility index (Phi) is 9.24. The van der Waals surface area contributed by atoms with Crippen LogP contribution in [0.25, 0.3) is 29.2 Å². The van der Waals surface area contributed by atoms with Crippen LogP contribution in [0.15, 0.2) is 57.2 Å². The van der Waals surface area contributed by atoms with Crippen LogP contribution in [0.1, 0.15) is 61.8 Å². The van der Waals surface area contributed by atoms with E-state index in [0.29, 0.717) is 16.7 Å². The molecule has 0 atom stereocenters. The molecule has 0 fully saturated rings. The summed E-state index contributed by atoms with van der Waals surface area (Å²) in [7, 11) is 0. The number of hydrogen-bond acceptors (Lipinski definition) is 5. The number of rotatable bonds is 11. The van der Waals surface area contributed by atoms with E-state index in [1.54, 1.807) is 36.4 Å². The third-order valence-electron chi connectivity index (χ3n) is 6.16. The smallest absolute Gasteiger partial charge is 0.346 e. The van der Waals surface area contributed by atoms with Crippen molar-refractivity contribution in [2.45, 2.75) is 46.5 Å². The lowest BCUT2D eigenvalue weighted by Gasteiger charge is -2.25. The standard InChI is InChI=1S/C30H32N2O4/c1-4-6-16-32(17-7-5-2)25-13-15-26-21(3)27(30(35)36-28(26)19-25)14-12-22-8-10-23(11-9-22)18-24(20-31)29(33)34/h8-15,18-19H,4-7,16-17H2,1-3H3,(H,33,34)/b14-12+,24-18?. The van der Waals surface area contributed by atoms with Gasteiger partial charge >= 0.3 is 11.6 Å². The van der Waals surface area contributed by atoms with Crippen molar-refractivity contribution in [3.8, 4) is 6.07 Å². The van der Waals surface area contributed by atoms with Crippen molar-refractivity contribution in [1.29, 1.82) is 5.26 Å². The number of carbonyl (C=O) groups is 1. The van der Waals surface area contributed by atoms with Crippen LogP contribution in [0.4, 0.5) is 5.69 Å². The van der Waals surface area contributed by atoms with Crippen molar-refractivity contribution in [3.63, 3.8) is 0 Å². The van der Waals surface area contributed by atoms with E-state index < -0.39 is 5.97 Å². The van der Waals surface area contributed by atoms with Crippen LogP contribution in [-0.4, -0.2) is 24.2 Å². The number of carboxylic acids is 1. The fourth-order valence-electron chi connectivity index (χ4n) is 4.01. The Labute approximate surface area is 211 Å². The van der Waals surface area contributed by atoms with E-state index in [4.69, 9.17) is 14.8 Å². The number of fused-ring (bicyclic) bond motifs is 1. The third-order valence-corrected chi connectivity index (χ3v) is 6.16. The monoisotopic (exact) mass is 484 g/mol. The lowest BCUT2D eigenvalue weighted by molar-refractivity contribution is -0.132. The molecule has 0 unspecified atom stereocenters. The van der Waals surface area contributed by atoms with Gasteiger partial charge in [0, 0.05) is 30.2 Å². The largest absolute Gasteiger partial charge is 0.477 e. The Morgan fingerprint density at radius 2 is 1.67 bits per heavy atom. The molecule has 6 heteroatoms. The maximum absolute atomic E-state index is 12.8. The first kappa shape index (κ1) is 26.5. The molecule has 6 nitrogen and oxygen atoms in total. The van der Waals surface area contributed by atoms with Crippen molar-refractivity contribution in [1.82, 2.24) is 0 Å². The van der Waals surface area contributed by atoms with Gasteiger partial charge in [0.05, 0.1) is 5.56 Å². The lowest BCUT2D eigenvalue weighted by atomic mass is 10.0. The summed E-state index contributed by atoms with van der Waals surface area (Å²) < 4.78 is 5.73. The van der Waals surface area contributed by atoms with Crippen molar-refractivity contribution in [2.24, 2.45) is 0 Å². The van der Waals surface area contributed by atoms with Gasteiger partial charge in [0.2, 0.25) is 0 Å². The lowest BCUT2D eigenvalue weighted by Crippen LogP contribution is -2.25. The summed E-state index contributed by atoms with van der Waals surface area (Å²) in [4.78, 5) is 26.2. The van der Waals surface area contributed by atoms with E-state index in [1.165, 1.54) is 6.08 Å². The maximum atomic E-state index is 12.8.